The van der Waals surface area contributed by atoms with E-state index in [1.807, 2.05) is 44.2 Å². The molecule has 3 N–H and O–H groups in total. The Kier molecular flexibility index (Phi) is 5.12. The lowest BCUT2D eigenvalue weighted by atomic mass is 10.1. The van der Waals surface area contributed by atoms with Gasteiger partial charge in [0.2, 0.25) is 5.91 Å². The van der Waals surface area contributed by atoms with Crippen molar-refractivity contribution in [1.82, 2.24) is 0 Å². The van der Waals surface area contributed by atoms with Crippen LogP contribution in [0.5, 0.6) is 0 Å². The molecule has 0 spiro atoms. The van der Waals surface area contributed by atoms with Crippen LogP contribution in [0.25, 0.3) is 6.08 Å². The van der Waals surface area contributed by atoms with Crippen LogP contribution in [0.15, 0.2) is 36.4 Å². The largest absolute Gasteiger partial charge is 0.365 e. The summed E-state index contributed by atoms with van der Waals surface area (Å²) >= 11 is 1.38. The summed E-state index contributed by atoms with van der Waals surface area (Å²) in [4.78, 5) is 24.7. The standard InChI is InChI=1S/C17H18N2O2S/c1-3-13-11(2)22-17(15(13)16(18)21)19-14(20)10-9-12-7-5-4-6-8-12/h4-10H,3H2,1-2H3,(H2,18,21)(H,19,20)/b10-9+. The highest BCUT2D eigenvalue weighted by molar-refractivity contribution is 7.16. The SMILES string of the molecule is CCc1c(C)sc(NC(=O)/C=C/c2ccccc2)c1C(N)=O. The number of primary amides is 1. The van der Waals surface area contributed by atoms with E-state index in [4.69, 9.17) is 5.73 Å². The van der Waals surface area contributed by atoms with Gasteiger partial charge in [-0.3, -0.25) is 9.59 Å². The zero-order valence-electron chi connectivity index (χ0n) is 12.6. The summed E-state index contributed by atoms with van der Waals surface area (Å²) in [7, 11) is 0. The number of amides is 2. The minimum absolute atomic E-state index is 0.282. The zero-order chi connectivity index (χ0) is 16.1. The summed E-state index contributed by atoms with van der Waals surface area (Å²) in [6, 6.07) is 9.53. The van der Waals surface area contributed by atoms with Crippen LogP contribution >= 0.6 is 11.3 Å². The fourth-order valence-corrected chi connectivity index (χ4v) is 3.40. The molecular weight excluding hydrogens is 296 g/mol. The molecule has 0 fully saturated rings. The van der Waals surface area contributed by atoms with E-state index in [-0.39, 0.29) is 5.91 Å². The molecule has 0 saturated heterocycles. The summed E-state index contributed by atoms with van der Waals surface area (Å²) in [5, 5.41) is 3.27. The van der Waals surface area contributed by atoms with E-state index in [1.165, 1.54) is 17.4 Å². The van der Waals surface area contributed by atoms with Crippen molar-refractivity contribution in [3.05, 3.63) is 58.0 Å². The van der Waals surface area contributed by atoms with Crippen LogP contribution in [-0.4, -0.2) is 11.8 Å². The van der Waals surface area contributed by atoms with Gasteiger partial charge < -0.3 is 11.1 Å². The van der Waals surface area contributed by atoms with Crippen LogP contribution < -0.4 is 11.1 Å². The van der Waals surface area contributed by atoms with Crippen molar-refractivity contribution in [2.75, 3.05) is 5.32 Å². The lowest BCUT2D eigenvalue weighted by Gasteiger charge is -2.03. The molecule has 0 atom stereocenters. The molecule has 4 nitrogen and oxygen atoms in total. The fourth-order valence-electron chi connectivity index (χ4n) is 2.24. The Morgan fingerprint density at radius 2 is 1.95 bits per heavy atom. The topological polar surface area (TPSA) is 72.2 Å². The maximum absolute atomic E-state index is 12.0. The predicted octanol–water partition coefficient (Wildman–Crippen LogP) is 3.37. The van der Waals surface area contributed by atoms with Crippen molar-refractivity contribution < 1.29 is 9.59 Å². The molecule has 1 aromatic carbocycles. The first-order valence-corrected chi connectivity index (χ1v) is 7.80. The molecule has 0 aliphatic carbocycles. The van der Waals surface area contributed by atoms with Crippen molar-refractivity contribution in [1.29, 1.82) is 0 Å². The summed E-state index contributed by atoms with van der Waals surface area (Å²) in [6.07, 6.45) is 3.87. The third-order valence-corrected chi connectivity index (χ3v) is 4.34. The number of nitrogens with one attached hydrogen (secondary N) is 1. The lowest BCUT2D eigenvalue weighted by molar-refractivity contribution is -0.111. The fraction of sp³-hybridized carbons (Fsp3) is 0.176. The van der Waals surface area contributed by atoms with Gasteiger partial charge in [0.25, 0.3) is 5.91 Å². The Morgan fingerprint density at radius 3 is 2.55 bits per heavy atom. The van der Waals surface area contributed by atoms with Gasteiger partial charge in [0.1, 0.15) is 5.00 Å². The maximum atomic E-state index is 12.0. The van der Waals surface area contributed by atoms with Gasteiger partial charge in [-0.05, 0) is 30.5 Å². The average molecular weight is 314 g/mol. The van der Waals surface area contributed by atoms with E-state index in [1.54, 1.807) is 6.08 Å². The number of hydrogen-bond acceptors (Lipinski definition) is 3. The van der Waals surface area contributed by atoms with E-state index in [0.29, 0.717) is 17.0 Å². The van der Waals surface area contributed by atoms with E-state index in [9.17, 15) is 9.59 Å². The molecule has 1 aromatic heterocycles. The number of anilines is 1. The van der Waals surface area contributed by atoms with Gasteiger partial charge >= 0.3 is 0 Å². The van der Waals surface area contributed by atoms with Gasteiger partial charge in [-0.15, -0.1) is 11.3 Å². The smallest absolute Gasteiger partial charge is 0.251 e. The van der Waals surface area contributed by atoms with Gasteiger partial charge in [0.15, 0.2) is 0 Å². The first-order valence-electron chi connectivity index (χ1n) is 6.99. The molecule has 0 saturated carbocycles. The number of thiophene rings is 1. The number of carbonyl (C=O) groups excluding carboxylic acids is 2. The lowest BCUT2D eigenvalue weighted by Crippen LogP contribution is -2.16. The summed E-state index contributed by atoms with van der Waals surface area (Å²) in [5.74, 6) is -0.793. The Labute approximate surface area is 133 Å². The molecule has 1 heterocycles. The molecular formula is C17H18N2O2S. The zero-order valence-corrected chi connectivity index (χ0v) is 13.4. The Morgan fingerprint density at radius 1 is 1.27 bits per heavy atom. The normalized spacial score (nSPS) is 10.8. The summed E-state index contributed by atoms with van der Waals surface area (Å²) in [5.41, 5.74) is 7.70. The number of nitrogens with two attached hydrogens (primary N) is 1. The van der Waals surface area contributed by atoms with Gasteiger partial charge in [-0.25, -0.2) is 0 Å². The maximum Gasteiger partial charge on any atom is 0.251 e. The molecule has 2 amide bonds. The number of aryl methyl sites for hydroxylation is 1. The van der Waals surface area contributed by atoms with Crippen LogP contribution in [0.2, 0.25) is 0 Å². The molecule has 0 bridgehead atoms. The van der Waals surface area contributed by atoms with E-state index < -0.39 is 5.91 Å². The Bertz CT molecular complexity index is 718. The molecule has 5 heteroatoms. The van der Waals surface area contributed by atoms with Gasteiger partial charge in [0, 0.05) is 11.0 Å². The minimum atomic E-state index is -0.511. The van der Waals surface area contributed by atoms with Gasteiger partial charge in [-0.1, -0.05) is 37.3 Å². The predicted molar refractivity (Wildman–Crippen MR) is 91.1 cm³/mol. The third-order valence-electron chi connectivity index (χ3n) is 3.27. The second-order valence-corrected chi connectivity index (χ2v) is 6.02. The van der Waals surface area contributed by atoms with Crippen LogP contribution in [0.3, 0.4) is 0 Å². The second-order valence-electron chi connectivity index (χ2n) is 4.79. The Hall–Kier alpha value is -2.40. The highest BCUT2D eigenvalue weighted by Crippen LogP contribution is 2.33. The molecule has 0 unspecified atom stereocenters. The number of carbonyl (C=O) groups is 2. The summed E-state index contributed by atoms with van der Waals surface area (Å²) < 4.78 is 0. The van der Waals surface area contributed by atoms with Crippen LogP contribution in [-0.2, 0) is 11.2 Å². The summed E-state index contributed by atoms with van der Waals surface area (Å²) in [6.45, 7) is 3.88. The molecule has 0 aliphatic rings. The first kappa shape index (κ1) is 16.0. The van der Waals surface area contributed by atoms with E-state index >= 15 is 0 Å². The van der Waals surface area contributed by atoms with E-state index in [0.717, 1.165) is 16.0 Å². The molecule has 2 aromatic rings. The van der Waals surface area contributed by atoms with Crippen molar-refractivity contribution >= 4 is 34.2 Å². The quantitative estimate of drug-likeness (QED) is 0.831. The van der Waals surface area contributed by atoms with Crippen molar-refractivity contribution in [3.63, 3.8) is 0 Å². The number of benzene rings is 1. The number of hydrogen-bond donors (Lipinski definition) is 2. The first-order chi connectivity index (χ1) is 10.5. The average Bonchev–Trinajstić information content (AvgIpc) is 2.81. The second kappa shape index (κ2) is 7.04. The highest BCUT2D eigenvalue weighted by Gasteiger charge is 2.19. The van der Waals surface area contributed by atoms with Gasteiger partial charge in [0.05, 0.1) is 5.56 Å². The highest BCUT2D eigenvalue weighted by atomic mass is 32.1. The van der Waals surface area contributed by atoms with Crippen LogP contribution in [0.1, 0.15) is 33.3 Å². The Balaban J connectivity index is 2.19. The molecule has 114 valence electrons. The van der Waals surface area contributed by atoms with Gasteiger partial charge in [-0.2, -0.15) is 0 Å². The van der Waals surface area contributed by atoms with Crippen LogP contribution in [0, 0.1) is 6.92 Å². The molecule has 22 heavy (non-hydrogen) atoms. The van der Waals surface area contributed by atoms with E-state index in [2.05, 4.69) is 5.32 Å². The molecule has 0 aliphatic heterocycles. The van der Waals surface area contributed by atoms with Crippen LogP contribution in [0.4, 0.5) is 5.00 Å². The molecule has 0 radical (unpaired) electrons. The van der Waals surface area contributed by atoms with Crippen molar-refractivity contribution in [2.45, 2.75) is 20.3 Å². The monoisotopic (exact) mass is 314 g/mol. The minimum Gasteiger partial charge on any atom is -0.365 e. The number of rotatable bonds is 5. The van der Waals surface area contributed by atoms with Crippen molar-refractivity contribution in [2.24, 2.45) is 5.73 Å². The molecule has 2 rings (SSSR count). The third kappa shape index (κ3) is 3.62. The van der Waals surface area contributed by atoms with Crippen molar-refractivity contribution in [3.8, 4) is 0 Å².